The molecule has 2 atom stereocenters. The molecule has 0 aromatic carbocycles. The molecule has 1 aliphatic heterocycles. The third-order valence-electron chi connectivity index (χ3n) is 2.99. The van der Waals surface area contributed by atoms with Crippen molar-refractivity contribution in [2.45, 2.75) is 57.6 Å². The molecule has 0 bridgehead atoms. The molecule has 0 aromatic heterocycles. The number of ether oxygens (including phenoxy) is 1. The summed E-state index contributed by atoms with van der Waals surface area (Å²) in [5.74, 6) is 0.0417. The molecule has 2 unspecified atom stereocenters. The number of amides is 1. The van der Waals surface area contributed by atoms with E-state index in [1.807, 2.05) is 6.92 Å². The SMILES string of the molecule is CCC(CC(N)=S)NC(=O)CC1CCCCO1. The van der Waals surface area contributed by atoms with Crippen LogP contribution in [0.3, 0.4) is 0 Å². The number of carbonyl (C=O) groups is 1. The smallest absolute Gasteiger partial charge is 0.222 e. The zero-order valence-corrected chi connectivity index (χ0v) is 11.2. The first-order chi connectivity index (χ1) is 8.11. The molecule has 3 N–H and O–H groups in total. The lowest BCUT2D eigenvalue weighted by atomic mass is 10.1. The molecule has 1 saturated heterocycles. The van der Waals surface area contributed by atoms with E-state index < -0.39 is 0 Å². The highest BCUT2D eigenvalue weighted by Crippen LogP contribution is 2.15. The summed E-state index contributed by atoms with van der Waals surface area (Å²) in [7, 11) is 0. The molecule has 1 fully saturated rings. The van der Waals surface area contributed by atoms with Crippen molar-refractivity contribution >= 4 is 23.1 Å². The number of hydrogen-bond acceptors (Lipinski definition) is 3. The molecular formula is C12H22N2O2S. The second-order valence-corrected chi connectivity index (χ2v) is 5.06. The molecule has 1 heterocycles. The maximum Gasteiger partial charge on any atom is 0.222 e. The third kappa shape index (κ3) is 5.98. The van der Waals surface area contributed by atoms with E-state index >= 15 is 0 Å². The molecule has 0 spiro atoms. The van der Waals surface area contributed by atoms with Crippen LogP contribution in [0.4, 0.5) is 0 Å². The Balaban J connectivity index is 2.28. The van der Waals surface area contributed by atoms with E-state index in [0.717, 1.165) is 32.3 Å². The number of carbonyl (C=O) groups excluding carboxylic acids is 1. The minimum atomic E-state index is 0.0417. The van der Waals surface area contributed by atoms with Crippen molar-refractivity contribution in [3.63, 3.8) is 0 Å². The Labute approximate surface area is 108 Å². The van der Waals surface area contributed by atoms with Crippen LogP contribution in [0.15, 0.2) is 0 Å². The van der Waals surface area contributed by atoms with Crippen molar-refractivity contribution < 1.29 is 9.53 Å². The van der Waals surface area contributed by atoms with Gasteiger partial charge < -0.3 is 15.8 Å². The Morgan fingerprint density at radius 2 is 2.35 bits per heavy atom. The van der Waals surface area contributed by atoms with Crippen LogP contribution in [0.1, 0.15) is 45.4 Å². The van der Waals surface area contributed by atoms with Crippen molar-refractivity contribution in [1.82, 2.24) is 5.32 Å². The normalized spacial score (nSPS) is 21.8. The maximum atomic E-state index is 11.8. The molecule has 4 nitrogen and oxygen atoms in total. The van der Waals surface area contributed by atoms with Crippen LogP contribution in [0, 0.1) is 0 Å². The van der Waals surface area contributed by atoms with Crippen molar-refractivity contribution in [2.24, 2.45) is 5.73 Å². The predicted molar refractivity (Wildman–Crippen MR) is 71.8 cm³/mol. The van der Waals surface area contributed by atoms with Crippen LogP contribution < -0.4 is 11.1 Å². The summed E-state index contributed by atoms with van der Waals surface area (Å²) in [6.45, 7) is 2.79. The summed E-state index contributed by atoms with van der Waals surface area (Å²) in [6, 6.07) is 0.0589. The highest BCUT2D eigenvalue weighted by molar-refractivity contribution is 7.80. The average Bonchev–Trinajstić information content (AvgIpc) is 2.28. The topological polar surface area (TPSA) is 64.3 Å². The molecular weight excluding hydrogens is 236 g/mol. The van der Waals surface area contributed by atoms with Crippen LogP contribution in [-0.2, 0) is 9.53 Å². The summed E-state index contributed by atoms with van der Waals surface area (Å²) in [4.78, 5) is 12.2. The second kappa shape index (κ2) is 7.61. The number of nitrogens with one attached hydrogen (secondary N) is 1. The van der Waals surface area contributed by atoms with E-state index in [2.05, 4.69) is 5.32 Å². The molecule has 98 valence electrons. The fraction of sp³-hybridized carbons (Fsp3) is 0.833. The number of hydrogen-bond donors (Lipinski definition) is 2. The van der Waals surface area contributed by atoms with E-state index in [0.29, 0.717) is 17.8 Å². The Bertz CT molecular complexity index is 265. The zero-order valence-electron chi connectivity index (χ0n) is 10.4. The maximum absolute atomic E-state index is 11.8. The van der Waals surface area contributed by atoms with Crippen molar-refractivity contribution in [3.8, 4) is 0 Å². The Hall–Kier alpha value is -0.680. The van der Waals surface area contributed by atoms with Gasteiger partial charge in [-0.1, -0.05) is 19.1 Å². The van der Waals surface area contributed by atoms with Gasteiger partial charge in [-0.3, -0.25) is 4.79 Å². The van der Waals surface area contributed by atoms with Gasteiger partial charge in [0, 0.05) is 19.1 Å². The van der Waals surface area contributed by atoms with E-state index in [9.17, 15) is 4.79 Å². The van der Waals surface area contributed by atoms with Crippen molar-refractivity contribution in [3.05, 3.63) is 0 Å². The summed E-state index contributed by atoms with van der Waals surface area (Å²) >= 11 is 4.85. The van der Waals surface area contributed by atoms with E-state index in [1.165, 1.54) is 0 Å². The lowest BCUT2D eigenvalue weighted by Gasteiger charge is -2.23. The van der Waals surface area contributed by atoms with E-state index in [-0.39, 0.29) is 18.1 Å². The molecule has 5 heteroatoms. The summed E-state index contributed by atoms with van der Waals surface area (Å²) in [5, 5.41) is 2.96. The molecule has 17 heavy (non-hydrogen) atoms. The average molecular weight is 258 g/mol. The monoisotopic (exact) mass is 258 g/mol. The van der Waals surface area contributed by atoms with Gasteiger partial charge in [-0.2, -0.15) is 0 Å². The van der Waals surface area contributed by atoms with Gasteiger partial charge in [-0.25, -0.2) is 0 Å². The van der Waals surface area contributed by atoms with Gasteiger partial charge >= 0.3 is 0 Å². The number of rotatable bonds is 6. The number of thiocarbonyl (C=S) groups is 1. The van der Waals surface area contributed by atoms with Crippen LogP contribution in [-0.4, -0.2) is 29.6 Å². The van der Waals surface area contributed by atoms with Gasteiger partial charge in [0.15, 0.2) is 0 Å². The summed E-state index contributed by atoms with van der Waals surface area (Å²) in [5.41, 5.74) is 5.48. The first kappa shape index (κ1) is 14.4. The molecule has 0 aromatic rings. The minimum Gasteiger partial charge on any atom is -0.393 e. The van der Waals surface area contributed by atoms with Gasteiger partial charge in [-0.05, 0) is 25.7 Å². The molecule has 0 radical (unpaired) electrons. The fourth-order valence-corrected chi connectivity index (χ4v) is 2.20. The van der Waals surface area contributed by atoms with Crippen molar-refractivity contribution in [2.75, 3.05) is 6.61 Å². The van der Waals surface area contributed by atoms with Crippen LogP contribution in [0.2, 0.25) is 0 Å². The van der Waals surface area contributed by atoms with E-state index in [4.69, 9.17) is 22.7 Å². The molecule has 1 amide bonds. The first-order valence-corrected chi connectivity index (χ1v) is 6.72. The highest BCUT2D eigenvalue weighted by atomic mass is 32.1. The molecule has 1 rings (SSSR count). The van der Waals surface area contributed by atoms with E-state index in [1.54, 1.807) is 0 Å². The lowest BCUT2D eigenvalue weighted by Crippen LogP contribution is -2.39. The summed E-state index contributed by atoms with van der Waals surface area (Å²) in [6.07, 6.45) is 5.20. The Morgan fingerprint density at radius 1 is 1.59 bits per heavy atom. The fourth-order valence-electron chi connectivity index (χ4n) is 2.00. The van der Waals surface area contributed by atoms with Gasteiger partial charge in [-0.15, -0.1) is 0 Å². The molecule has 0 aliphatic carbocycles. The Kier molecular flexibility index (Phi) is 6.44. The first-order valence-electron chi connectivity index (χ1n) is 6.31. The predicted octanol–water partition coefficient (Wildman–Crippen LogP) is 1.52. The van der Waals surface area contributed by atoms with Gasteiger partial charge in [0.1, 0.15) is 0 Å². The quantitative estimate of drug-likeness (QED) is 0.709. The van der Waals surface area contributed by atoms with Gasteiger partial charge in [0.2, 0.25) is 5.91 Å². The summed E-state index contributed by atoms with van der Waals surface area (Å²) < 4.78 is 5.53. The standard InChI is InChI=1S/C12H22N2O2S/c1-2-9(7-11(13)17)14-12(15)8-10-5-3-4-6-16-10/h9-10H,2-8H2,1H3,(H2,13,17)(H,14,15). The lowest BCUT2D eigenvalue weighted by molar-refractivity contribution is -0.125. The molecule has 0 saturated carbocycles. The van der Waals surface area contributed by atoms with Gasteiger partial charge in [0.05, 0.1) is 17.5 Å². The number of nitrogens with two attached hydrogens (primary N) is 1. The van der Waals surface area contributed by atoms with Crippen LogP contribution in [0.25, 0.3) is 0 Å². The molecule has 1 aliphatic rings. The van der Waals surface area contributed by atoms with Gasteiger partial charge in [0.25, 0.3) is 0 Å². The highest BCUT2D eigenvalue weighted by Gasteiger charge is 2.19. The Morgan fingerprint density at radius 3 is 2.88 bits per heavy atom. The minimum absolute atomic E-state index is 0.0417. The van der Waals surface area contributed by atoms with Crippen LogP contribution in [0.5, 0.6) is 0 Å². The zero-order chi connectivity index (χ0) is 12.7. The largest absolute Gasteiger partial charge is 0.393 e. The van der Waals surface area contributed by atoms with Crippen LogP contribution >= 0.6 is 12.2 Å². The van der Waals surface area contributed by atoms with Crippen molar-refractivity contribution in [1.29, 1.82) is 0 Å². The third-order valence-corrected chi connectivity index (χ3v) is 3.16. The second-order valence-electron chi connectivity index (χ2n) is 4.54.